The van der Waals surface area contributed by atoms with Crippen molar-refractivity contribution in [3.63, 3.8) is 0 Å². The molecule has 3 rings (SSSR count). The lowest BCUT2D eigenvalue weighted by Gasteiger charge is -2.17. The SMILES string of the molecule is O=C(CCc1ccc2[nH]ccc2c1)N[C@H]1CCC[C@H]1C(=O)O. The van der Waals surface area contributed by atoms with Gasteiger partial charge in [0.1, 0.15) is 0 Å². The molecule has 2 atom stereocenters. The van der Waals surface area contributed by atoms with Gasteiger partial charge in [-0.3, -0.25) is 9.59 Å². The van der Waals surface area contributed by atoms with Crippen LogP contribution in [0.1, 0.15) is 31.2 Å². The van der Waals surface area contributed by atoms with Crippen LogP contribution in [-0.4, -0.2) is 28.0 Å². The molecule has 1 aliphatic rings. The van der Waals surface area contributed by atoms with Crippen molar-refractivity contribution in [2.24, 2.45) is 5.92 Å². The number of fused-ring (bicyclic) bond motifs is 1. The Balaban J connectivity index is 1.54. The highest BCUT2D eigenvalue weighted by Crippen LogP contribution is 2.26. The predicted octanol–water partition coefficient (Wildman–Crippen LogP) is 2.47. The molecule has 5 heteroatoms. The summed E-state index contributed by atoms with van der Waals surface area (Å²) >= 11 is 0. The first-order chi connectivity index (χ1) is 10.6. The number of aliphatic carboxylic acids is 1. The molecule has 1 aromatic carbocycles. The van der Waals surface area contributed by atoms with Crippen LogP contribution in [0.2, 0.25) is 0 Å². The number of carboxylic acids is 1. The molecule has 0 radical (unpaired) electrons. The number of aromatic nitrogens is 1. The van der Waals surface area contributed by atoms with E-state index in [0.717, 1.165) is 29.3 Å². The van der Waals surface area contributed by atoms with Gasteiger partial charge in [0.05, 0.1) is 5.92 Å². The second kappa shape index (κ2) is 6.22. The standard InChI is InChI=1S/C17H20N2O3/c20-16(19-15-3-1-2-13(15)17(21)22)7-5-11-4-6-14-12(10-11)8-9-18-14/h4,6,8-10,13,15,18H,1-3,5,7H2,(H,19,20)(H,21,22)/t13-,15+/m1/s1. The second-order valence-corrected chi connectivity index (χ2v) is 5.95. The number of hydrogen-bond donors (Lipinski definition) is 3. The van der Waals surface area contributed by atoms with E-state index in [-0.39, 0.29) is 11.9 Å². The minimum Gasteiger partial charge on any atom is -0.481 e. The van der Waals surface area contributed by atoms with Gasteiger partial charge in [0.2, 0.25) is 5.91 Å². The van der Waals surface area contributed by atoms with Crippen LogP contribution >= 0.6 is 0 Å². The average Bonchev–Trinajstić information content (AvgIpc) is 3.13. The van der Waals surface area contributed by atoms with E-state index in [9.17, 15) is 9.59 Å². The Morgan fingerprint density at radius 1 is 1.27 bits per heavy atom. The normalized spacial score (nSPS) is 21.1. The molecule has 5 nitrogen and oxygen atoms in total. The molecule has 1 fully saturated rings. The smallest absolute Gasteiger partial charge is 0.308 e. The van der Waals surface area contributed by atoms with E-state index in [1.165, 1.54) is 0 Å². The fraction of sp³-hybridized carbons (Fsp3) is 0.412. The Morgan fingerprint density at radius 2 is 2.14 bits per heavy atom. The zero-order chi connectivity index (χ0) is 15.5. The lowest BCUT2D eigenvalue weighted by Crippen LogP contribution is -2.40. The number of carboxylic acid groups (broad SMARTS) is 1. The Bertz CT molecular complexity index is 692. The van der Waals surface area contributed by atoms with Crippen LogP contribution < -0.4 is 5.32 Å². The van der Waals surface area contributed by atoms with E-state index in [1.54, 1.807) is 0 Å². The maximum absolute atomic E-state index is 12.0. The third-order valence-electron chi connectivity index (χ3n) is 4.44. The minimum absolute atomic E-state index is 0.0627. The molecule has 1 aromatic heterocycles. The minimum atomic E-state index is -0.805. The molecule has 1 saturated carbocycles. The summed E-state index contributed by atoms with van der Waals surface area (Å²) in [6.45, 7) is 0. The topological polar surface area (TPSA) is 82.2 Å². The van der Waals surface area contributed by atoms with E-state index in [0.29, 0.717) is 19.3 Å². The van der Waals surface area contributed by atoms with Crippen LogP contribution in [0.25, 0.3) is 10.9 Å². The van der Waals surface area contributed by atoms with Gasteiger partial charge in [-0.2, -0.15) is 0 Å². The van der Waals surface area contributed by atoms with Crippen LogP contribution in [0.4, 0.5) is 0 Å². The van der Waals surface area contributed by atoms with Crippen LogP contribution in [0.3, 0.4) is 0 Å². The number of carbonyl (C=O) groups is 2. The molecule has 0 saturated heterocycles. The molecule has 22 heavy (non-hydrogen) atoms. The van der Waals surface area contributed by atoms with Gasteiger partial charge in [0.15, 0.2) is 0 Å². The summed E-state index contributed by atoms with van der Waals surface area (Å²) in [5.41, 5.74) is 2.20. The van der Waals surface area contributed by atoms with Crippen molar-refractivity contribution in [2.75, 3.05) is 0 Å². The third-order valence-corrected chi connectivity index (χ3v) is 4.44. The van der Waals surface area contributed by atoms with Gasteiger partial charge in [-0.1, -0.05) is 12.5 Å². The maximum atomic E-state index is 12.0. The number of rotatable bonds is 5. The van der Waals surface area contributed by atoms with Gasteiger partial charge in [-0.15, -0.1) is 0 Å². The number of aromatic amines is 1. The van der Waals surface area contributed by atoms with E-state index < -0.39 is 11.9 Å². The maximum Gasteiger partial charge on any atom is 0.308 e. The number of H-pyrrole nitrogens is 1. The van der Waals surface area contributed by atoms with Crippen molar-refractivity contribution in [3.8, 4) is 0 Å². The van der Waals surface area contributed by atoms with Crippen molar-refractivity contribution in [1.29, 1.82) is 0 Å². The fourth-order valence-corrected chi connectivity index (χ4v) is 3.22. The summed E-state index contributed by atoms with van der Waals surface area (Å²) in [6, 6.07) is 7.91. The fourth-order valence-electron chi connectivity index (χ4n) is 3.22. The molecule has 1 heterocycles. The van der Waals surface area contributed by atoms with E-state index in [1.807, 2.05) is 24.4 Å². The number of aryl methyl sites for hydroxylation is 1. The van der Waals surface area contributed by atoms with Crippen molar-refractivity contribution >= 4 is 22.8 Å². The van der Waals surface area contributed by atoms with Gasteiger partial charge < -0.3 is 15.4 Å². The molecule has 0 spiro atoms. The zero-order valence-electron chi connectivity index (χ0n) is 12.3. The van der Waals surface area contributed by atoms with Crippen molar-refractivity contribution in [1.82, 2.24) is 10.3 Å². The van der Waals surface area contributed by atoms with Gasteiger partial charge >= 0.3 is 5.97 Å². The second-order valence-electron chi connectivity index (χ2n) is 5.95. The predicted molar refractivity (Wildman–Crippen MR) is 83.5 cm³/mol. The summed E-state index contributed by atoms with van der Waals surface area (Å²) in [5.74, 6) is -1.30. The number of carbonyl (C=O) groups excluding carboxylic acids is 1. The van der Waals surface area contributed by atoms with Gasteiger partial charge in [0.25, 0.3) is 0 Å². The van der Waals surface area contributed by atoms with Crippen molar-refractivity contribution in [3.05, 3.63) is 36.0 Å². The lowest BCUT2D eigenvalue weighted by molar-refractivity contribution is -0.142. The highest BCUT2D eigenvalue weighted by Gasteiger charge is 2.33. The van der Waals surface area contributed by atoms with Crippen LogP contribution in [0.5, 0.6) is 0 Å². The largest absolute Gasteiger partial charge is 0.481 e. The molecule has 0 aliphatic heterocycles. The molecule has 1 amide bonds. The van der Waals surface area contributed by atoms with Crippen molar-refractivity contribution in [2.45, 2.75) is 38.1 Å². The summed E-state index contributed by atoms with van der Waals surface area (Å²) < 4.78 is 0. The number of benzene rings is 1. The van der Waals surface area contributed by atoms with E-state index in [2.05, 4.69) is 16.4 Å². The Hall–Kier alpha value is -2.30. The monoisotopic (exact) mass is 300 g/mol. The Kier molecular flexibility index (Phi) is 4.13. The molecule has 116 valence electrons. The van der Waals surface area contributed by atoms with Gasteiger partial charge in [-0.25, -0.2) is 0 Å². The highest BCUT2D eigenvalue weighted by atomic mass is 16.4. The molecule has 1 aliphatic carbocycles. The number of nitrogens with one attached hydrogen (secondary N) is 2. The molecular weight excluding hydrogens is 280 g/mol. The van der Waals surface area contributed by atoms with E-state index >= 15 is 0 Å². The zero-order valence-corrected chi connectivity index (χ0v) is 12.3. The molecule has 3 N–H and O–H groups in total. The summed E-state index contributed by atoms with van der Waals surface area (Å²) in [4.78, 5) is 26.3. The number of amides is 1. The lowest BCUT2D eigenvalue weighted by atomic mass is 10.0. The summed E-state index contributed by atoms with van der Waals surface area (Å²) in [5, 5.41) is 13.2. The van der Waals surface area contributed by atoms with E-state index in [4.69, 9.17) is 5.11 Å². The first kappa shape index (κ1) is 14.6. The molecule has 2 aromatic rings. The van der Waals surface area contributed by atoms with Crippen LogP contribution in [0, 0.1) is 5.92 Å². The molecule has 0 bridgehead atoms. The molecule has 0 unspecified atom stereocenters. The van der Waals surface area contributed by atoms with Crippen molar-refractivity contribution < 1.29 is 14.7 Å². The van der Waals surface area contributed by atoms with Crippen LogP contribution in [0.15, 0.2) is 30.5 Å². The molecular formula is C17H20N2O3. The summed E-state index contributed by atoms with van der Waals surface area (Å²) in [7, 11) is 0. The van der Waals surface area contributed by atoms with Gasteiger partial charge in [0, 0.05) is 24.2 Å². The number of hydrogen-bond acceptors (Lipinski definition) is 2. The Morgan fingerprint density at radius 3 is 2.95 bits per heavy atom. The third kappa shape index (κ3) is 3.13. The Labute approximate surface area is 128 Å². The first-order valence-electron chi connectivity index (χ1n) is 7.71. The quantitative estimate of drug-likeness (QED) is 0.793. The van der Waals surface area contributed by atoms with Gasteiger partial charge in [-0.05, 0) is 48.4 Å². The van der Waals surface area contributed by atoms with Crippen LogP contribution in [-0.2, 0) is 16.0 Å². The summed E-state index contributed by atoms with van der Waals surface area (Å²) in [6.07, 6.45) is 5.23. The highest BCUT2D eigenvalue weighted by molar-refractivity contribution is 5.81. The average molecular weight is 300 g/mol. The first-order valence-corrected chi connectivity index (χ1v) is 7.71.